The summed E-state index contributed by atoms with van der Waals surface area (Å²) < 4.78 is 24.3. The van der Waals surface area contributed by atoms with Crippen LogP contribution >= 0.6 is 0 Å². The van der Waals surface area contributed by atoms with Crippen molar-refractivity contribution in [1.82, 2.24) is 9.62 Å². The summed E-state index contributed by atoms with van der Waals surface area (Å²) in [5.74, 6) is 0.137. The van der Waals surface area contributed by atoms with Gasteiger partial charge in [0.15, 0.2) is 0 Å². The maximum Gasteiger partial charge on any atom is 0.211 e. The number of hydrogen-bond donors (Lipinski definition) is 1. The Bertz CT molecular complexity index is 421. The molecule has 6 heteroatoms. The van der Waals surface area contributed by atoms with Gasteiger partial charge in [-0.1, -0.05) is 6.42 Å². The van der Waals surface area contributed by atoms with Crippen LogP contribution in [-0.2, 0) is 10.0 Å². The first-order valence-corrected chi connectivity index (χ1v) is 8.46. The second-order valence-corrected chi connectivity index (χ2v) is 7.36. The van der Waals surface area contributed by atoms with Crippen molar-refractivity contribution in [2.45, 2.75) is 44.2 Å². The normalized spacial score (nSPS) is 31.3. The summed E-state index contributed by atoms with van der Waals surface area (Å²) in [5, 5.41) is 12.6. The maximum atomic E-state index is 11.4. The summed E-state index contributed by atoms with van der Waals surface area (Å²) in [5.41, 5.74) is 0. The largest absolute Gasteiger partial charge is 0.310 e. The van der Waals surface area contributed by atoms with Gasteiger partial charge in [-0.3, -0.25) is 0 Å². The third-order valence-electron chi connectivity index (χ3n) is 4.05. The Morgan fingerprint density at radius 3 is 2.44 bits per heavy atom. The van der Waals surface area contributed by atoms with Gasteiger partial charge in [-0.05, 0) is 25.7 Å². The van der Waals surface area contributed by atoms with Gasteiger partial charge in [0, 0.05) is 25.2 Å². The molecule has 2 rings (SSSR count). The first-order chi connectivity index (χ1) is 8.50. The highest BCUT2D eigenvalue weighted by molar-refractivity contribution is 7.88. The van der Waals surface area contributed by atoms with Crippen LogP contribution in [0.1, 0.15) is 32.1 Å². The number of sulfonamides is 1. The molecule has 1 heterocycles. The van der Waals surface area contributed by atoms with Gasteiger partial charge in [0.1, 0.15) is 0 Å². The summed E-state index contributed by atoms with van der Waals surface area (Å²) in [4.78, 5) is 0. The molecule has 1 aliphatic carbocycles. The SMILES string of the molecule is CS(=O)(=O)N1CCC(NC2CCCC2C#N)CC1. The molecule has 1 aliphatic heterocycles. The number of rotatable bonds is 3. The smallest absolute Gasteiger partial charge is 0.211 e. The summed E-state index contributed by atoms with van der Waals surface area (Å²) in [7, 11) is -3.04. The predicted molar refractivity (Wildman–Crippen MR) is 69.3 cm³/mol. The van der Waals surface area contributed by atoms with Crippen molar-refractivity contribution in [2.24, 2.45) is 5.92 Å². The van der Waals surface area contributed by atoms with Gasteiger partial charge in [0.25, 0.3) is 0 Å². The van der Waals surface area contributed by atoms with Crippen LogP contribution in [0, 0.1) is 17.2 Å². The molecular weight excluding hydrogens is 250 g/mol. The van der Waals surface area contributed by atoms with E-state index >= 15 is 0 Å². The third kappa shape index (κ3) is 3.22. The number of nitrogens with zero attached hydrogens (tertiary/aromatic N) is 2. The molecule has 0 aromatic rings. The number of piperidine rings is 1. The van der Waals surface area contributed by atoms with Crippen LogP contribution in [0.2, 0.25) is 0 Å². The zero-order valence-corrected chi connectivity index (χ0v) is 11.6. The molecule has 0 amide bonds. The van der Waals surface area contributed by atoms with E-state index < -0.39 is 10.0 Å². The lowest BCUT2D eigenvalue weighted by Crippen LogP contribution is -2.48. The van der Waals surface area contributed by atoms with Crippen molar-refractivity contribution in [3.8, 4) is 6.07 Å². The third-order valence-corrected chi connectivity index (χ3v) is 5.36. The van der Waals surface area contributed by atoms with Crippen molar-refractivity contribution in [3.63, 3.8) is 0 Å². The van der Waals surface area contributed by atoms with E-state index in [-0.39, 0.29) is 5.92 Å². The van der Waals surface area contributed by atoms with Crippen LogP contribution in [0.15, 0.2) is 0 Å². The zero-order chi connectivity index (χ0) is 13.2. The lowest BCUT2D eigenvalue weighted by Gasteiger charge is -2.33. The van der Waals surface area contributed by atoms with Gasteiger partial charge in [-0.25, -0.2) is 12.7 Å². The Kier molecular flexibility index (Phi) is 4.25. The first kappa shape index (κ1) is 13.8. The van der Waals surface area contributed by atoms with E-state index in [2.05, 4.69) is 11.4 Å². The highest BCUT2D eigenvalue weighted by Crippen LogP contribution is 2.26. The fourth-order valence-electron chi connectivity index (χ4n) is 2.97. The number of nitriles is 1. The second kappa shape index (κ2) is 5.55. The molecule has 2 fully saturated rings. The van der Waals surface area contributed by atoms with E-state index in [9.17, 15) is 8.42 Å². The van der Waals surface area contributed by atoms with Gasteiger partial charge < -0.3 is 5.32 Å². The molecular formula is C12H21N3O2S. The lowest BCUT2D eigenvalue weighted by molar-refractivity contribution is 0.266. The molecule has 2 aliphatic rings. The highest BCUT2D eigenvalue weighted by Gasteiger charge is 2.31. The van der Waals surface area contributed by atoms with Crippen molar-refractivity contribution < 1.29 is 8.42 Å². The minimum absolute atomic E-state index is 0.137. The average molecular weight is 271 g/mol. The molecule has 18 heavy (non-hydrogen) atoms. The van der Waals surface area contributed by atoms with Gasteiger partial charge >= 0.3 is 0 Å². The Morgan fingerprint density at radius 1 is 1.22 bits per heavy atom. The van der Waals surface area contributed by atoms with Gasteiger partial charge in [0.2, 0.25) is 10.0 Å². The molecule has 0 bridgehead atoms. The quantitative estimate of drug-likeness (QED) is 0.819. The molecule has 0 aromatic heterocycles. The number of hydrogen-bond acceptors (Lipinski definition) is 4. The lowest BCUT2D eigenvalue weighted by atomic mass is 10.0. The van der Waals surface area contributed by atoms with Crippen LogP contribution in [0.3, 0.4) is 0 Å². The molecule has 0 aromatic carbocycles. The molecule has 102 valence electrons. The van der Waals surface area contributed by atoms with Crippen LogP contribution in [-0.4, -0.2) is 44.2 Å². The minimum atomic E-state index is -3.04. The summed E-state index contributed by atoms with van der Waals surface area (Å²) >= 11 is 0. The Hall–Kier alpha value is -0.640. The molecule has 0 spiro atoms. The van der Waals surface area contributed by atoms with E-state index in [1.54, 1.807) is 4.31 Å². The monoisotopic (exact) mass is 271 g/mol. The Morgan fingerprint density at radius 2 is 1.89 bits per heavy atom. The fraction of sp³-hybridized carbons (Fsp3) is 0.917. The van der Waals surface area contributed by atoms with Crippen LogP contribution in [0.4, 0.5) is 0 Å². The van der Waals surface area contributed by atoms with E-state index in [1.165, 1.54) is 6.26 Å². The van der Waals surface area contributed by atoms with Gasteiger partial charge in [-0.15, -0.1) is 0 Å². The van der Waals surface area contributed by atoms with E-state index in [0.717, 1.165) is 32.1 Å². The van der Waals surface area contributed by atoms with E-state index in [1.807, 2.05) is 0 Å². The summed E-state index contributed by atoms with van der Waals surface area (Å²) in [6, 6.07) is 3.04. The second-order valence-electron chi connectivity index (χ2n) is 5.38. The molecule has 1 N–H and O–H groups in total. The highest BCUT2D eigenvalue weighted by atomic mass is 32.2. The standard InChI is InChI=1S/C12H21N3O2S/c1-18(16,17)15-7-5-11(6-8-15)14-12-4-2-3-10(12)9-13/h10-12,14H,2-8H2,1H3. The Labute approximate surface area is 109 Å². The average Bonchev–Trinajstić information content (AvgIpc) is 2.76. The van der Waals surface area contributed by atoms with E-state index in [0.29, 0.717) is 25.2 Å². The van der Waals surface area contributed by atoms with Crippen molar-refractivity contribution in [3.05, 3.63) is 0 Å². The van der Waals surface area contributed by atoms with Crippen LogP contribution in [0.5, 0.6) is 0 Å². The fourth-order valence-corrected chi connectivity index (χ4v) is 3.85. The van der Waals surface area contributed by atoms with Crippen molar-refractivity contribution >= 4 is 10.0 Å². The summed E-state index contributed by atoms with van der Waals surface area (Å²) in [6.45, 7) is 1.20. The molecule has 2 atom stereocenters. The van der Waals surface area contributed by atoms with Crippen LogP contribution < -0.4 is 5.32 Å². The molecule has 0 radical (unpaired) electrons. The first-order valence-electron chi connectivity index (χ1n) is 6.61. The topological polar surface area (TPSA) is 73.2 Å². The van der Waals surface area contributed by atoms with Gasteiger partial charge in [-0.2, -0.15) is 5.26 Å². The molecule has 2 unspecified atom stereocenters. The van der Waals surface area contributed by atoms with E-state index in [4.69, 9.17) is 5.26 Å². The molecule has 1 saturated heterocycles. The molecule has 1 saturated carbocycles. The number of nitrogens with one attached hydrogen (secondary N) is 1. The predicted octanol–water partition coefficient (Wildman–Crippen LogP) is 0.692. The van der Waals surface area contributed by atoms with Crippen molar-refractivity contribution in [1.29, 1.82) is 5.26 Å². The zero-order valence-electron chi connectivity index (χ0n) is 10.8. The van der Waals surface area contributed by atoms with Crippen molar-refractivity contribution in [2.75, 3.05) is 19.3 Å². The maximum absolute atomic E-state index is 11.4. The summed E-state index contributed by atoms with van der Waals surface area (Å²) in [6.07, 6.45) is 6.16. The van der Waals surface area contributed by atoms with Gasteiger partial charge in [0.05, 0.1) is 18.2 Å². The molecule has 5 nitrogen and oxygen atoms in total. The minimum Gasteiger partial charge on any atom is -0.310 e. The van der Waals surface area contributed by atoms with Crippen LogP contribution in [0.25, 0.3) is 0 Å². The Balaban J connectivity index is 1.82.